The van der Waals surface area contributed by atoms with Gasteiger partial charge in [-0.25, -0.2) is 13.1 Å². The topological polar surface area (TPSA) is 67.4 Å². The Labute approximate surface area is 133 Å². The molecule has 116 valence electrons. The number of fused-ring (bicyclic) bond motifs is 2. The van der Waals surface area contributed by atoms with Gasteiger partial charge in [-0.15, -0.1) is 0 Å². The molecule has 2 unspecified atom stereocenters. The Morgan fingerprint density at radius 2 is 1.95 bits per heavy atom. The van der Waals surface area contributed by atoms with Gasteiger partial charge in [0.05, 0.1) is 12.0 Å². The lowest BCUT2D eigenvalue weighted by Gasteiger charge is -2.29. The second-order valence-corrected chi connectivity index (χ2v) is 8.26. The SMILES string of the molecule is COc1ccc(S(=O)(=O)NC2CC3CCC(C2)N3)c(Br)c1. The maximum atomic E-state index is 12.6. The minimum absolute atomic E-state index is 0.0164. The molecule has 2 aliphatic heterocycles. The second kappa shape index (κ2) is 5.87. The van der Waals surface area contributed by atoms with Crippen LogP contribution in [0.2, 0.25) is 0 Å². The van der Waals surface area contributed by atoms with E-state index in [9.17, 15) is 8.42 Å². The molecule has 0 spiro atoms. The average molecular weight is 375 g/mol. The lowest BCUT2D eigenvalue weighted by molar-refractivity contribution is 0.345. The molecule has 5 nitrogen and oxygen atoms in total. The van der Waals surface area contributed by atoms with Crippen LogP contribution in [0.15, 0.2) is 27.6 Å². The third-order valence-electron chi connectivity index (χ3n) is 4.22. The van der Waals surface area contributed by atoms with Crippen LogP contribution >= 0.6 is 15.9 Å². The van der Waals surface area contributed by atoms with Gasteiger partial charge in [-0.3, -0.25) is 0 Å². The maximum absolute atomic E-state index is 12.6. The number of rotatable bonds is 4. The summed E-state index contributed by atoms with van der Waals surface area (Å²) in [6.45, 7) is 0. The molecule has 2 aliphatic rings. The fourth-order valence-electron chi connectivity index (χ4n) is 3.26. The first-order valence-electron chi connectivity index (χ1n) is 7.10. The first-order chi connectivity index (χ1) is 9.98. The van der Waals surface area contributed by atoms with Gasteiger partial charge in [-0.2, -0.15) is 0 Å². The molecule has 2 fully saturated rings. The van der Waals surface area contributed by atoms with Crippen LogP contribution in [-0.4, -0.2) is 33.7 Å². The van der Waals surface area contributed by atoms with Gasteiger partial charge in [0.2, 0.25) is 10.0 Å². The minimum atomic E-state index is -3.51. The van der Waals surface area contributed by atoms with E-state index in [1.165, 1.54) is 0 Å². The van der Waals surface area contributed by atoms with E-state index in [4.69, 9.17) is 4.74 Å². The van der Waals surface area contributed by atoms with Gasteiger partial charge in [-0.05, 0) is 59.8 Å². The predicted molar refractivity (Wildman–Crippen MR) is 84.0 cm³/mol. The van der Waals surface area contributed by atoms with Crippen LogP contribution in [0.1, 0.15) is 25.7 Å². The molecule has 2 heterocycles. The van der Waals surface area contributed by atoms with Gasteiger partial charge in [0, 0.05) is 22.6 Å². The number of hydrogen-bond acceptors (Lipinski definition) is 4. The van der Waals surface area contributed by atoms with Crippen LogP contribution in [-0.2, 0) is 10.0 Å². The summed E-state index contributed by atoms with van der Waals surface area (Å²) >= 11 is 3.31. The quantitative estimate of drug-likeness (QED) is 0.845. The summed E-state index contributed by atoms with van der Waals surface area (Å²) in [6.07, 6.45) is 4.03. The van der Waals surface area contributed by atoms with E-state index in [0.29, 0.717) is 22.3 Å². The number of methoxy groups -OCH3 is 1. The van der Waals surface area contributed by atoms with Gasteiger partial charge in [0.1, 0.15) is 5.75 Å². The average Bonchev–Trinajstić information content (AvgIpc) is 2.77. The van der Waals surface area contributed by atoms with E-state index in [1.54, 1.807) is 25.3 Å². The molecule has 0 aliphatic carbocycles. The van der Waals surface area contributed by atoms with Crippen molar-refractivity contribution in [3.63, 3.8) is 0 Å². The molecule has 2 bridgehead atoms. The van der Waals surface area contributed by atoms with Crippen LogP contribution in [0, 0.1) is 0 Å². The fraction of sp³-hybridized carbons (Fsp3) is 0.571. The molecule has 7 heteroatoms. The summed E-state index contributed by atoms with van der Waals surface area (Å²) in [5.41, 5.74) is 0. The Hall–Kier alpha value is -0.630. The van der Waals surface area contributed by atoms with Crippen molar-refractivity contribution in [1.29, 1.82) is 0 Å². The zero-order valence-corrected chi connectivity index (χ0v) is 14.2. The summed E-state index contributed by atoms with van der Waals surface area (Å²) in [5, 5.41) is 3.51. The van der Waals surface area contributed by atoms with Crippen molar-refractivity contribution in [2.75, 3.05) is 7.11 Å². The molecule has 21 heavy (non-hydrogen) atoms. The summed E-state index contributed by atoms with van der Waals surface area (Å²) in [5.74, 6) is 0.626. The third-order valence-corrected chi connectivity index (χ3v) is 6.72. The fourth-order valence-corrected chi connectivity index (χ4v) is 5.58. The maximum Gasteiger partial charge on any atom is 0.241 e. The molecule has 2 atom stereocenters. The summed E-state index contributed by atoms with van der Waals surface area (Å²) in [4.78, 5) is 0.258. The van der Waals surface area contributed by atoms with Gasteiger partial charge in [0.25, 0.3) is 0 Å². The number of nitrogens with one attached hydrogen (secondary N) is 2. The van der Waals surface area contributed by atoms with Crippen LogP contribution in [0.4, 0.5) is 0 Å². The Bertz CT molecular complexity index is 623. The molecule has 1 aromatic rings. The zero-order valence-electron chi connectivity index (χ0n) is 11.8. The van der Waals surface area contributed by atoms with Crippen molar-refractivity contribution in [1.82, 2.24) is 10.0 Å². The molecule has 0 aromatic heterocycles. The summed E-state index contributed by atoms with van der Waals surface area (Å²) in [6, 6.07) is 5.82. The summed E-state index contributed by atoms with van der Waals surface area (Å²) < 4.78 is 33.6. The molecular weight excluding hydrogens is 356 g/mol. The molecule has 2 N–H and O–H groups in total. The highest BCUT2D eigenvalue weighted by Gasteiger charge is 2.35. The molecule has 2 saturated heterocycles. The summed E-state index contributed by atoms with van der Waals surface area (Å²) in [7, 11) is -1.96. The molecule has 3 rings (SSSR count). The monoisotopic (exact) mass is 374 g/mol. The molecular formula is C14H19BrN2O3S. The molecule has 0 radical (unpaired) electrons. The van der Waals surface area contributed by atoms with Crippen molar-refractivity contribution < 1.29 is 13.2 Å². The number of hydrogen-bond donors (Lipinski definition) is 2. The highest BCUT2D eigenvalue weighted by molar-refractivity contribution is 9.10. The van der Waals surface area contributed by atoms with Crippen LogP contribution in [0.3, 0.4) is 0 Å². The normalized spacial score (nSPS) is 28.6. The Balaban J connectivity index is 1.77. The van der Waals surface area contributed by atoms with Crippen LogP contribution in [0.25, 0.3) is 0 Å². The van der Waals surface area contributed by atoms with E-state index in [0.717, 1.165) is 25.7 Å². The first kappa shape index (κ1) is 15.3. The van der Waals surface area contributed by atoms with Crippen molar-refractivity contribution in [2.45, 2.75) is 48.7 Å². The van der Waals surface area contributed by atoms with Crippen LogP contribution in [0.5, 0.6) is 5.75 Å². The number of sulfonamides is 1. The lowest BCUT2D eigenvalue weighted by Crippen LogP contribution is -2.47. The van der Waals surface area contributed by atoms with E-state index < -0.39 is 10.0 Å². The van der Waals surface area contributed by atoms with Crippen molar-refractivity contribution >= 4 is 26.0 Å². The molecule has 0 saturated carbocycles. The first-order valence-corrected chi connectivity index (χ1v) is 9.37. The largest absolute Gasteiger partial charge is 0.497 e. The number of piperidine rings is 1. The van der Waals surface area contributed by atoms with Gasteiger partial charge >= 0.3 is 0 Å². The van der Waals surface area contributed by atoms with Crippen LogP contribution < -0.4 is 14.8 Å². The Morgan fingerprint density at radius 3 is 2.52 bits per heavy atom. The number of halogens is 1. The highest BCUT2D eigenvalue weighted by Crippen LogP contribution is 2.30. The second-order valence-electron chi connectivity index (χ2n) is 5.72. The van der Waals surface area contributed by atoms with Crippen molar-refractivity contribution in [2.24, 2.45) is 0 Å². The van der Waals surface area contributed by atoms with Crippen molar-refractivity contribution in [3.8, 4) is 5.75 Å². The van der Waals surface area contributed by atoms with Gasteiger partial charge in [-0.1, -0.05) is 0 Å². The van der Waals surface area contributed by atoms with E-state index in [1.807, 2.05) is 0 Å². The Morgan fingerprint density at radius 1 is 1.29 bits per heavy atom. The van der Waals surface area contributed by atoms with Crippen molar-refractivity contribution in [3.05, 3.63) is 22.7 Å². The van der Waals surface area contributed by atoms with Gasteiger partial charge < -0.3 is 10.1 Å². The smallest absolute Gasteiger partial charge is 0.241 e. The molecule has 1 aromatic carbocycles. The predicted octanol–water partition coefficient (Wildman–Crippen LogP) is 2.02. The Kier molecular flexibility index (Phi) is 4.27. The number of benzene rings is 1. The van der Waals surface area contributed by atoms with E-state index in [-0.39, 0.29) is 10.9 Å². The van der Waals surface area contributed by atoms with E-state index in [2.05, 4.69) is 26.0 Å². The molecule has 0 amide bonds. The lowest BCUT2D eigenvalue weighted by atomic mass is 10.0. The zero-order chi connectivity index (χ0) is 15.0. The minimum Gasteiger partial charge on any atom is -0.497 e. The van der Waals surface area contributed by atoms with Gasteiger partial charge in [0.15, 0.2) is 0 Å². The number of ether oxygens (including phenoxy) is 1. The highest BCUT2D eigenvalue weighted by atomic mass is 79.9. The van der Waals surface area contributed by atoms with E-state index >= 15 is 0 Å². The third kappa shape index (κ3) is 3.26. The standard InChI is InChI=1S/C14H19BrN2O3S/c1-20-12-4-5-14(13(15)8-12)21(18,19)17-11-6-9-2-3-10(7-11)16-9/h4-5,8-11,16-17H,2-3,6-7H2,1H3.